The SMILES string of the molecule is CC(=O)Nc1ccc(C(=O)N[C@@H](Cc2ccc(C(F)(F)F)cc2)C(N)=O)cc1. The number of carbonyl (C=O) groups excluding carboxylic acids is 3. The van der Waals surface area contributed by atoms with Gasteiger partial charge in [0.05, 0.1) is 5.56 Å². The van der Waals surface area contributed by atoms with Gasteiger partial charge < -0.3 is 16.4 Å². The van der Waals surface area contributed by atoms with E-state index in [-0.39, 0.29) is 17.9 Å². The molecule has 6 nitrogen and oxygen atoms in total. The van der Waals surface area contributed by atoms with Gasteiger partial charge in [-0.2, -0.15) is 13.2 Å². The van der Waals surface area contributed by atoms with Gasteiger partial charge in [-0.05, 0) is 42.0 Å². The third-order valence-corrected chi connectivity index (χ3v) is 3.84. The van der Waals surface area contributed by atoms with Gasteiger partial charge in [0.25, 0.3) is 5.91 Å². The average Bonchev–Trinajstić information content (AvgIpc) is 2.60. The molecule has 0 unspecified atom stereocenters. The monoisotopic (exact) mass is 393 g/mol. The summed E-state index contributed by atoms with van der Waals surface area (Å²) in [7, 11) is 0. The molecule has 0 aliphatic carbocycles. The number of anilines is 1. The Labute approximate surface area is 158 Å². The van der Waals surface area contributed by atoms with Crippen molar-refractivity contribution in [3.63, 3.8) is 0 Å². The van der Waals surface area contributed by atoms with Gasteiger partial charge in [0.1, 0.15) is 6.04 Å². The van der Waals surface area contributed by atoms with E-state index in [0.29, 0.717) is 11.3 Å². The van der Waals surface area contributed by atoms with Crippen LogP contribution in [0.1, 0.15) is 28.4 Å². The van der Waals surface area contributed by atoms with Crippen LogP contribution in [0.15, 0.2) is 48.5 Å². The van der Waals surface area contributed by atoms with Crippen LogP contribution in [0, 0.1) is 0 Å². The summed E-state index contributed by atoms with van der Waals surface area (Å²) < 4.78 is 37.8. The molecule has 4 N–H and O–H groups in total. The van der Waals surface area contributed by atoms with Crippen molar-refractivity contribution in [1.82, 2.24) is 5.32 Å². The van der Waals surface area contributed by atoms with Crippen molar-refractivity contribution in [3.05, 3.63) is 65.2 Å². The van der Waals surface area contributed by atoms with E-state index in [1.807, 2.05) is 0 Å². The highest BCUT2D eigenvalue weighted by Crippen LogP contribution is 2.29. The van der Waals surface area contributed by atoms with E-state index < -0.39 is 29.6 Å². The lowest BCUT2D eigenvalue weighted by molar-refractivity contribution is -0.137. The average molecular weight is 393 g/mol. The number of hydrogen-bond donors (Lipinski definition) is 3. The molecule has 1 atom stereocenters. The molecule has 0 bridgehead atoms. The fourth-order valence-electron chi connectivity index (χ4n) is 2.44. The molecule has 2 rings (SSSR count). The number of alkyl halides is 3. The zero-order valence-electron chi connectivity index (χ0n) is 14.8. The van der Waals surface area contributed by atoms with Gasteiger partial charge in [0.2, 0.25) is 11.8 Å². The minimum absolute atomic E-state index is 0.0524. The van der Waals surface area contributed by atoms with E-state index in [1.165, 1.54) is 43.3 Å². The molecule has 148 valence electrons. The Bertz CT molecular complexity index is 863. The summed E-state index contributed by atoms with van der Waals surface area (Å²) >= 11 is 0. The number of nitrogens with two attached hydrogens (primary N) is 1. The third kappa shape index (κ3) is 5.83. The van der Waals surface area contributed by atoms with Gasteiger partial charge in [-0.15, -0.1) is 0 Å². The van der Waals surface area contributed by atoms with Crippen LogP contribution in [-0.2, 0) is 22.2 Å². The summed E-state index contributed by atoms with van der Waals surface area (Å²) in [5, 5.41) is 5.02. The minimum atomic E-state index is -4.46. The molecule has 28 heavy (non-hydrogen) atoms. The number of hydrogen-bond acceptors (Lipinski definition) is 3. The molecule has 0 saturated heterocycles. The largest absolute Gasteiger partial charge is 0.416 e. The summed E-state index contributed by atoms with van der Waals surface area (Å²) in [4.78, 5) is 35.0. The first-order valence-electron chi connectivity index (χ1n) is 8.20. The molecule has 0 spiro atoms. The first-order valence-corrected chi connectivity index (χ1v) is 8.20. The summed E-state index contributed by atoms with van der Waals surface area (Å²) in [5.41, 5.74) is 5.64. The first kappa shape index (κ1) is 20.9. The quantitative estimate of drug-likeness (QED) is 0.703. The number of benzene rings is 2. The predicted molar refractivity (Wildman–Crippen MR) is 96.3 cm³/mol. The summed E-state index contributed by atoms with van der Waals surface area (Å²) in [5.74, 6) is -1.66. The molecule has 0 fully saturated rings. The standard InChI is InChI=1S/C19H18F3N3O3/c1-11(26)24-15-8-4-13(5-9-15)18(28)25-16(17(23)27)10-12-2-6-14(7-3-12)19(20,21)22/h2-9,16H,10H2,1H3,(H2,23,27)(H,24,26)(H,25,28)/t16-/m0/s1. The molecule has 0 radical (unpaired) electrons. The maximum Gasteiger partial charge on any atom is 0.416 e. The number of primary amides is 1. The van der Waals surface area contributed by atoms with Crippen LogP contribution in [0.25, 0.3) is 0 Å². The Morgan fingerprint density at radius 2 is 1.57 bits per heavy atom. The number of rotatable bonds is 6. The summed E-state index contributed by atoms with van der Waals surface area (Å²) in [6.45, 7) is 1.35. The smallest absolute Gasteiger partial charge is 0.368 e. The molecular weight excluding hydrogens is 375 g/mol. The van der Waals surface area contributed by atoms with Crippen molar-refractivity contribution in [2.24, 2.45) is 5.73 Å². The molecule has 9 heteroatoms. The maximum absolute atomic E-state index is 12.6. The van der Waals surface area contributed by atoms with Crippen molar-refractivity contribution < 1.29 is 27.6 Å². The van der Waals surface area contributed by atoms with E-state index in [2.05, 4.69) is 10.6 Å². The normalized spacial score (nSPS) is 12.1. The molecule has 2 aromatic carbocycles. The number of amides is 3. The topological polar surface area (TPSA) is 101 Å². The molecule has 0 aliphatic rings. The Kier molecular flexibility index (Phi) is 6.40. The zero-order valence-corrected chi connectivity index (χ0v) is 14.8. The van der Waals surface area contributed by atoms with Gasteiger partial charge in [-0.3, -0.25) is 14.4 Å². The lowest BCUT2D eigenvalue weighted by atomic mass is 10.0. The predicted octanol–water partition coefficient (Wildman–Crippen LogP) is 2.49. The molecule has 0 aromatic heterocycles. The van der Waals surface area contributed by atoms with E-state index in [9.17, 15) is 27.6 Å². The summed E-state index contributed by atoms with van der Waals surface area (Å²) in [6, 6.07) is 9.11. The minimum Gasteiger partial charge on any atom is -0.368 e. The Hall–Kier alpha value is -3.36. The lowest BCUT2D eigenvalue weighted by Gasteiger charge is -2.16. The second-order valence-corrected chi connectivity index (χ2v) is 6.09. The van der Waals surface area contributed by atoms with Crippen molar-refractivity contribution in [2.75, 3.05) is 5.32 Å². The van der Waals surface area contributed by atoms with Crippen LogP contribution in [0.4, 0.5) is 18.9 Å². The van der Waals surface area contributed by atoms with E-state index in [4.69, 9.17) is 5.73 Å². The highest BCUT2D eigenvalue weighted by Gasteiger charge is 2.30. The van der Waals surface area contributed by atoms with Crippen LogP contribution in [0.2, 0.25) is 0 Å². The van der Waals surface area contributed by atoms with Gasteiger partial charge in [0.15, 0.2) is 0 Å². The molecule has 3 amide bonds. The van der Waals surface area contributed by atoms with E-state index in [0.717, 1.165) is 12.1 Å². The van der Waals surface area contributed by atoms with Gasteiger partial charge in [-0.1, -0.05) is 12.1 Å². The molecule has 0 saturated carbocycles. The van der Waals surface area contributed by atoms with E-state index >= 15 is 0 Å². The van der Waals surface area contributed by atoms with Crippen LogP contribution >= 0.6 is 0 Å². The van der Waals surface area contributed by atoms with Crippen molar-refractivity contribution in [1.29, 1.82) is 0 Å². The molecule has 2 aromatic rings. The van der Waals surface area contributed by atoms with E-state index in [1.54, 1.807) is 0 Å². The maximum atomic E-state index is 12.6. The lowest BCUT2D eigenvalue weighted by Crippen LogP contribution is -2.45. The zero-order chi connectivity index (χ0) is 20.9. The Morgan fingerprint density at radius 3 is 2.04 bits per heavy atom. The van der Waals surface area contributed by atoms with Crippen LogP contribution in [0.3, 0.4) is 0 Å². The van der Waals surface area contributed by atoms with Gasteiger partial charge in [-0.25, -0.2) is 0 Å². The van der Waals surface area contributed by atoms with Gasteiger partial charge in [0, 0.05) is 24.6 Å². The second kappa shape index (κ2) is 8.55. The van der Waals surface area contributed by atoms with Crippen LogP contribution in [0.5, 0.6) is 0 Å². The van der Waals surface area contributed by atoms with Crippen LogP contribution < -0.4 is 16.4 Å². The van der Waals surface area contributed by atoms with Crippen molar-refractivity contribution >= 4 is 23.4 Å². The highest BCUT2D eigenvalue weighted by molar-refractivity contribution is 5.98. The molecular formula is C19H18F3N3O3. The molecule has 0 heterocycles. The van der Waals surface area contributed by atoms with Crippen molar-refractivity contribution in [2.45, 2.75) is 25.6 Å². The van der Waals surface area contributed by atoms with Gasteiger partial charge >= 0.3 is 6.18 Å². The fourth-order valence-corrected chi connectivity index (χ4v) is 2.44. The number of halogens is 3. The second-order valence-electron chi connectivity index (χ2n) is 6.09. The highest BCUT2D eigenvalue weighted by atomic mass is 19.4. The van der Waals surface area contributed by atoms with Crippen LogP contribution in [-0.4, -0.2) is 23.8 Å². The Balaban J connectivity index is 2.07. The number of nitrogens with one attached hydrogen (secondary N) is 2. The van der Waals surface area contributed by atoms with Crippen molar-refractivity contribution in [3.8, 4) is 0 Å². The summed E-state index contributed by atoms with van der Waals surface area (Å²) in [6.07, 6.45) is -4.51. The fraction of sp³-hybridized carbons (Fsp3) is 0.211. The Morgan fingerprint density at radius 1 is 1.00 bits per heavy atom. The third-order valence-electron chi connectivity index (χ3n) is 3.84. The number of carbonyl (C=O) groups is 3. The molecule has 0 aliphatic heterocycles. The first-order chi connectivity index (χ1) is 13.1.